The molecule has 1 aliphatic heterocycles. The standard InChI is InChI=1S/C22H28N2O/c1-18-9-6-7-12-20(18)21(19-10-4-3-5-11-19)17-22(25)24-14-8-13-23(2)15-16-24/h3-7,9-12,21H,8,13-17H2,1-2H3/t21-/m0/s1. The van der Waals surface area contributed by atoms with E-state index in [1.165, 1.54) is 16.7 Å². The Bertz CT molecular complexity index is 698. The van der Waals surface area contributed by atoms with E-state index in [-0.39, 0.29) is 11.8 Å². The lowest BCUT2D eigenvalue weighted by Gasteiger charge is -2.25. The first kappa shape index (κ1) is 17.7. The minimum absolute atomic E-state index is 0.121. The van der Waals surface area contributed by atoms with E-state index in [1.54, 1.807) is 0 Å². The molecular formula is C22H28N2O. The molecule has 0 bridgehead atoms. The molecule has 3 rings (SSSR count). The lowest BCUT2D eigenvalue weighted by atomic mass is 9.85. The smallest absolute Gasteiger partial charge is 0.223 e. The molecule has 1 aliphatic rings. The summed E-state index contributed by atoms with van der Waals surface area (Å²) in [5.74, 6) is 0.392. The number of carbonyl (C=O) groups excluding carboxylic acids is 1. The lowest BCUT2D eigenvalue weighted by molar-refractivity contribution is -0.131. The van der Waals surface area contributed by atoms with Crippen LogP contribution in [-0.4, -0.2) is 48.9 Å². The van der Waals surface area contributed by atoms with Crippen molar-refractivity contribution in [1.82, 2.24) is 9.80 Å². The number of rotatable bonds is 4. The first-order valence-electron chi connectivity index (χ1n) is 9.22. The largest absolute Gasteiger partial charge is 0.341 e. The molecule has 132 valence electrons. The maximum absolute atomic E-state index is 13.0. The van der Waals surface area contributed by atoms with Gasteiger partial charge in [0.1, 0.15) is 0 Å². The Hall–Kier alpha value is -2.13. The summed E-state index contributed by atoms with van der Waals surface area (Å²) in [5.41, 5.74) is 3.73. The van der Waals surface area contributed by atoms with Gasteiger partial charge in [0.25, 0.3) is 0 Å². The zero-order chi connectivity index (χ0) is 17.6. The summed E-state index contributed by atoms with van der Waals surface area (Å²) in [5, 5.41) is 0. The van der Waals surface area contributed by atoms with Crippen LogP contribution in [-0.2, 0) is 4.79 Å². The number of likely N-dealkylation sites (N-methyl/N-ethyl adjacent to an activating group) is 1. The van der Waals surface area contributed by atoms with Crippen molar-refractivity contribution in [2.45, 2.75) is 25.7 Å². The van der Waals surface area contributed by atoms with Crippen LogP contribution >= 0.6 is 0 Å². The molecule has 3 heteroatoms. The van der Waals surface area contributed by atoms with Crippen molar-refractivity contribution >= 4 is 5.91 Å². The Morgan fingerprint density at radius 1 is 0.960 bits per heavy atom. The predicted molar refractivity (Wildman–Crippen MR) is 103 cm³/mol. The van der Waals surface area contributed by atoms with Gasteiger partial charge in [-0.3, -0.25) is 4.79 Å². The zero-order valence-electron chi connectivity index (χ0n) is 15.3. The van der Waals surface area contributed by atoms with Crippen LogP contribution in [0.5, 0.6) is 0 Å². The van der Waals surface area contributed by atoms with Gasteiger partial charge in [-0.25, -0.2) is 0 Å². The van der Waals surface area contributed by atoms with Gasteiger partial charge in [0, 0.05) is 32.0 Å². The van der Waals surface area contributed by atoms with Crippen molar-refractivity contribution in [3.8, 4) is 0 Å². The van der Waals surface area contributed by atoms with Crippen molar-refractivity contribution in [2.24, 2.45) is 0 Å². The van der Waals surface area contributed by atoms with Crippen LogP contribution in [0.25, 0.3) is 0 Å². The fourth-order valence-corrected chi connectivity index (χ4v) is 3.67. The van der Waals surface area contributed by atoms with E-state index in [0.29, 0.717) is 6.42 Å². The molecule has 1 atom stereocenters. The number of hydrogen-bond donors (Lipinski definition) is 0. The van der Waals surface area contributed by atoms with E-state index < -0.39 is 0 Å². The first-order chi connectivity index (χ1) is 12.1. The van der Waals surface area contributed by atoms with Gasteiger partial charge < -0.3 is 9.80 Å². The van der Waals surface area contributed by atoms with Crippen molar-refractivity contribution in [1.29, 1.82) is 0 Å². The molecule has 0 unspecified atom stereocenters. The normalized spacial score (nSPS) is 17.1. The molecule has 2 aromatic carbocycles. The summed E-state index contributed by atoms with van der Waals surface area (Å²) >= 11 is 0. The van der Waals surface area contributed by atoms with E-state index in [0.717, 1.165) is 32.6 Å². The predicted octanol–water partition coefficient (Wildman–Crippen LogP) is 3.68. The first-order valence-corrected chi connectivity index (χ1v) is 9.22. The van der Waals surface area contributed by atoms with Gasteiger partial charge in [-0.1, -0.05) is 54.6 Å². The number of carbonyl (C=O) groups is 1. The average molecular weight is 336 g/mol. The molecule has 1 fully saturated rings. The molecule has 3 nitrogen and oxygen atoms in total. The molecule has 0 saturated carbocycles. The van der Waals surface area contributed by atoms with Crippen molar-refractivity contribution in [3.63, 3.8) is 0 Å². The van der Waals surface area contributed by atoms with Crippen molar-refractivity contribution < 1.29 is 4.79 Å². The van der Waals surface area contributed by atoms with E-state index >= 15 is 0 Å². The van der Waals surface area contributed by atoms with Crippen molar-refractivity contribution in [2.75, 3.05) is 33.2 Å². The highest BCUT2D eigenvalue weighted by molar-refractivity contribution is 5.78. The topological polar surface area (TPSA) is 23.6 Å². The van der Waals surface area contributed by atoms with Crippen LogP contribution in [0.15, 0.2) is 54.6 Å². The van der Waals surface area contributed by atoms with Gasteiger partial charge >= 0.3 is 0 Å². The average Bonchev–Trinajstić information content (AvgIpc) is 2.86. The maximum Gasteiger partial charge on any atom is 0.223 e. The third kappa shape index (κ3) is 4.49. The monoisotopic (exact) mass is 336 g/mol. The van der Waals surface area contributed by atoms with Gasteiger partial charge in [0.2, 0.25) is 5.91 Å². The fourth-order valence-electron chi connectivity index (χ4n) is 3.67. The molecule has 2 aromatic rings. The Morgan fingerprint density at radius 2 is 1.68 bits per heavy atom. The quantitative estimate of drug-likeness (QED) is 0.850. The van der Waals surface area contributed by atoms with Gasteiger partial charge in [-0.15, -0.1) is 0 Å². The van der Waals surface area contributed by atoms with Gasteiger partial charge in [0.15, 0.2) is 0 Å². The molecule has 1 heterocycles. The van der Waals surface area contributed by atoms with E-state index in [1.807, 2.05) is 6.07 Å². The number of hydrogen-bond acceptors (Lipinski definition) is 2. The third-order valence-electron chi connectivity index (χ3n) is 5.22. The molecule has 0 aromatic heterocycles. The van der Waals surface area contributed by atoms with E-state index in [2.05, 4.69) is 72.3 Å². The van der Waals surface area contributed by atoms with Crippen LogP contribution in [0, 0.1) is 6.92 Å². The number of aryl methyl sites for hydroxylation is 1. The number of benzene rings is 2. The van der Waals surface area contributed by atoms with Crippen molar-refractivity contribution in [3.05, 3.63) is 71.3 Å². The Kier molecular flexibility index (Phi) is 5.87. The van der Waals surface area contributed by atoms with Crippen LogP contribution in [0.4, 0.5) is 0 Å². The Balaban J connectivity index is 1.83. The highest BCUT2D eigenvalue weighted by Crippen LogP contribution is 2.31. The molecule has 1 saturated heterocycles. The van der Waals surface area contributed by atoms with E-state index in [4.69, 9.17) is 0 Å². The third-order valence-corrected chi connectivity index (χ3v) is 5.22. The molecule has 1 amide bonds. The second-order valence-corrected chi connectivity index (χ2v) is 7.06. The summed E-state index contributed by atoms with van der Waals surface area (Å²) in [7, 11) is 2.13. The Labute approximate surface area is 151 Å². The summed E-state index contributed by atoms with van der Waals surface area (Å²) < 4.78 is 0. The summed E-state index contributed by atoms with van der Waals surface area (Å²) in [4.78, 5) is 17.4. The molecule has 0 N–H and O–H groups in total. The molecule has 25 heavy (non-hydrogen) atoms. The molecule has 0 spiro atoms. The second-order valence-electron chi connectivity index (χ2n) is 7.06. The summed E-state index contributed by atoms with van der Waals surface area (Å²) in [6.07, 6.45) is 1.60. The summed E-state index contributed by atoms with van der Waals surface area (Å²) in [6.45, 7) is 5.88. The minimum atomic E-state index is 0.121. The van der Waals surface area contributed by atoms with Gasteiger partial charge in [0.05, 0.1) is 0 Å². The van der Waals surface area contributed by atoms with Crippen LogP contribution in [0.3, 0.4) is 0 Å². The van der Waals surface area contributed by atoms with Crippen LogP contribution in [0.2, 0.25) is 0 Å². The molecular weight excluding hydrogens is 308 g/mol. The Morgan fingerprint density at radius 3 is 2.44 bits per heavy atom. The van der Waals surface area contributed by atoms with Crippen LogP contribution < -0.4 is 0 Å². The zero-order valence-corrected chi connectivity index (χ0v) is 15.3. The highest BCUT2D eigenvalue weighted by atomic mass is 16.2. The highest BCUT2D eigenvalue weighted by Gasteiger charge is 2.24. The minimum Gasteiger partial charge on any atom is -0.341 e. The lowest BCUT2D eigenvalue weighted by Crippen LogP contribution is -2.35. The van der Waals surface area contributed by atoms with Gasteiger partial charge in [-0.2, -0.15) is 0 Å². The SMILES string of the molecule is Cc1ccccc1[C@@H](CC(=O)N1CCCN(C)CC1)c1ccccc1. The van der Waals surface area contributed by atoms with E-state index in [9.17, 15) is 4.79 Å². The molecule has 0 aliphatic carbocycles. The molecule has 0 radical (unpaired) electrons. The fraction of sp³-hybridized carbons (Fsp3) is 0.409. The number of amides is 1. The van der Waals surface area contributed by atoms with Gasteiger partial charge in [-0.05, 0) is 43.6 Å². The number of nitrogens with zero attached hydrogens (tertiary/aromatic N) is 2. The second kappa shape index (κ2) is 8.30. The summed E-state index contributed by atoms with van der Waals surface area (Å²) in [6, 6.07) is 18.9. The maximum atomic E-state index is 13.0. The van der Waals surface area contributed by atoms with Crippen LogP contribution in [0.1, 0.15) is 35.4 Å².